The zero-order chi connectivity index (χ0) is 9.14. The molecular formula is C6H14N4O2. The largest absolute Gasteiger partial charge is 0.480 e. The van der Waals surface area contributed by atoms with E-state index >= 15 is 0 Å². The summed E-state index contributed by atoms with van der Waals surface area (Å²) >= 11 is 0. The van der Waals surface area contributed by atoms with Gasteiger partial charge in [0.25, 0.3) is 0 Å². The van der Waals surface area contributed by atoms with Gasteiger partial charge in [-0.25, -0.2) is 0 Å². The maximum Gasteiger partial charge on any atom is 0.320 e. The minimum atomic E-state index is -0.975. The summed E-state index contributed by atoms with van der Waals surface area (Å²) in [5.74, 6) is -0.975. The Bertz CT molecular complexity index is 175. The average molecular weight is 174 g/mol. The van der Waals surface area contributed by atoms with Crippen LogP contribution in [-0.2, 0) is 4.79 Å². The van der Waals surface area contributed by atoms with Crippen molar-refractivity contribution in [1.82, 2.24) is 10.6 Å². The van der Waals surface area contributed by atoms with E-state index in [0.717, 1.165) is 0 Å². The van der Waals surface area contributed by atoms with Gasteiger partial charge >= 0.3 is 5.97 Å². The fraction of sp³-hybridized carbons (Fsp3) is 0.833. The molecule has 1 rings (SSSR count). The van der Waals surface area contributed by atoms with Crippen molar-refractivity contribution in [3.05, 3.63) is 0 Å². The second-order valence-electron chi connectivity index (χ2n) is 2.93. The molecule has 0 saturated carbocycles. The molecule has 1 saturated heterocycles. The van der Waals surface area contributed by atoms with Crippen LogP contribution in [0, 0.1) is 0 Å². The van der Waals surface area contributed by atoms with Gasteiger partial charge in [0.2, 0.25) is 0 Å². The predicted molar refractivity (Wildman–Crippen MR) is 43.1 cm³/mol. The molecule has 0 spiro atoms. The van der Waals surface area contributed by atoms with Crippen LogP contribution in [0.2, 0.25) is 0 Å². The molecule has 70 valence electrons. The van der Waals surface area contributed by atoms with Gasteiger partial charge in [-0.05, 0) is 6.42 Å². The van der Waals surface area contributed by atoms with Gasteiger partial charge in [0.05, 0.1) is 0 Å². The third kappa shape index (κ3) is 2.42. The number of carboxylic acids is 1. The van der Waals surface area contributed by atoms with Crippen molar-refractivity contribution >= 4 is 5.97 Å². The first-order chi connectivity index (χ1) is 5.59. The Labute approximate surface area is 70.3 Å². The first kappa shape index (κ1) is 9.40. The zero-order valence-corrected chi connectivity index (χ0v) is 6.66. The van der Waals surface area contributed by atoms with Crippen LogP contribution < -0.4 is 22.1 Å². The van der Waals surface area contributed by atoms with E-state index < -0.39 is 12.0 Å². The summed E-state index contributed by atoms with van der Waals surface area (Å²) in [4.78, 5) is 10.4. The predicted octanol–water partition coefficient (Wildman–Crippen LogP) is -2.41. The van der Waals surface area contributed by atoms with Crippen molar-refractivity contribution in [3.63, 3.8) is 0 Å². The monoisotopic (exact) mass is 174 g/mol. The Morgan fingerprint density at radius 2 is 2.42 bits per heavy atom. The van der Waals surface area contributed by atoms with Crippen molar-refractivity contribution in [1.29, 1.82) is 0 Å². The van der Waals surface area contributed by atoms with Crippen molar-refractivity contribution < 1.29 is 9.90 Å². The topological polar surface area (TPSA) is 113 Å². The molecule has 1 fully saturated rings. The molecule has 12 heavy (non-hydrogen) atoms. The highest BCUT2D eigenvalue weighted by Crippen LogP contribution is 2.00. The van der Waals surface area contributed by atoms with Crippen LogP contribution in [0.25, 0.3) is 0 Å². The van der Waals surface area contributed by atoms with Crippen LogP contribution in [-0.4, -0.2) is 36.0 Å². The van der Waals surface area contributed by atoms with Crippen molar-refractivity contribution in [3.8, 4) is 0 Å². The Morgan fingerprint density at radius 3 is 2.83 bits per heavy atom. The van der Waals surface area contributed by atoms with Crippen LogP contribution in [0.15, 0.2) is 0 Å². The maximum absolute atomic E-state index is 10.4. The lowest BCUT2D eigenvalue weighted by Gasteiger charge is -2.12. The van der Waals surface area contributed by atoms with Crippen LogP contribution in [0.4, 0.5) is 0 Å². The molecule has 1 aliphatic rings. The molecule has 0 aromatic heterocycles. The quantitative estimate of drug-likeness (QED) is 0.326. The molecule has 0 radical (unpaired) electrons. The van der Waals surface area contributed by atoms with Gasteiger partial charge in [-0.3, -0.25) is 15.4 Å². The minimum absolute atomic E-state index is 0.0612. The van der Waals surface area contributed by atoms with Gasteiger partial charge in [0.15, 0.2) is 0 Å². The average Bonchev–Trinajstić information content (AvgIpc) is 2.35. The molecule has 3 atom stereocenters. The highest BCUT2D eigenvalue weighted by Gasteiger charge is 2.24. The van der Waals surface area contributed by atoms with Crippen LogP contribution in [0.1, 0.15) is 6.42 Å². The minimum Gasteiger partial charge on any atom is -0.480 e. The van der Waals surface area contributed by atoms with E-state index in [4.69, 9.17) is 16.6 Å². The molecule has 6 nitrogen and oxygen atoms in total. The van der Waals surface area contributed by atoms with Gasteiger partial charge in [0.1, 0.15) is 12.3 Å². The van der Waals surface area contributed by atoms with Crippen molar-refractivity contribution in [2.24, 2.45) is 11.5 Å². The smallest absolute Gasteiger partial charge is 0.320 e. The Kier molecular flexibility index (Phi) is 2.99. The normalized spacial score (nSPS) is 31.8. The number of nitrogens with two attached hydrogens (primary N) is 2. The van der Waals surface area contributed by atoms with E-state index in [1.807, 2.05) is 0 Å². The Balaban J connectivity index is 2.27. The second-order valence-corrected chi connectivity index (χ2v) is 2.93. The van der Waals surface area contributed by atoms with E-state index in [1.54, 1.807) is 0 Å². The number of hydrogen-bond acceptors (Lipinski definition) is 5. The summed E-state index contributed by atoms with van der Waals surface area (Å²) in [6, 6.07) is -0.749. The molecule has 1 heterocycles. The van der Waals surface area contributed by atoms with Gasteiger partial charge in [0, 0.05) is 12.6 Å². The summed E-state index contributed by atoms with van der Waals surface area (Å²) in [6.07, 6.45) is 0.159. The third-order valence-electron chi connectivity index (χ3n) is 1.86. The lowest BCUT2D eigenvalue weighted by Crippen LogP contribution is -2.43. The zero-order valence-electron chi connectivity index (χ0n) is 6.66. The van der Waals surface area contributed by atoms with E-state index in [2.05, 4.69) is 10.6 Å². The molecule has 6 heteroatoms. The summed E-state index contributed by atoms with van der Waals surface area (Å²) in [7, 11) is 0. The Hall–Kier alpha value is -0.690. The summed E-state index contributed by atoms with van der Waals surface area (Å²) in [5.41, 5.74) is 10.8. The Morgan fingerprint density at radius 1 is 1.75 bits per heavy atom. The molecule has 0 aliphatic carbocycles. The van der Waals surface area contributed by atoms with Gasteiger partial charge in [-0.2, -0.15) is 0 Å². The number of carbonyl (C=O) groups is 1. The summed E-state index contributed by atoms with van der Waals surface area (Å²) < 4.78 is 0. The third-order valence-corrected chi connectivity index (χ3v) is 1.86. The molecular weight excluding hydrogens is 160 g/mol. The summed E-state index contributed by atoms with van der Waals surface area (Å²) in [5, 5.41) is 14.4. The highest BCUT2D eigenvalue weighted by atomic mass is 16.4. The van der Waals surface area contributed by atoms with Gasteiger partial charge < -0.3 is 16.6 Å². The fourth-order valence-electron chi connectivity index (χ4n) is 1.20. The lowest BCUT2D eigenvalue weighted by molar-refractivity contribution is -0.138. The second kappa shape index (κ2) is 3.81. The molecule has 0 aromatic rings. The van der Waals surface area contributed by atoms with Gasteiger partial charge in [-0.15, -0.1) is 0 Å². The first-order valence-corrected chi connectivity index (χ1v) is 3.83. The maximum atomic E-state index is 10.4. The molecule has 7 N–H and O–H groups in total. The van der Waals surface area contributed by atoms with E-state index in [0.29, 0.717) is 13.0 Å². The molecule has 0 aromatic carbocycles. The number of hydrogen-bond donors (Lipinski definition) is 5. The molecule has 0 amide bonds. The van der Waals surface area contributed by atoms with Crippen LogP contribution >= 0.6 is 0 Å². The standard InChI is InChI=1S/C6H14N4O2/c7-4(5(11)12)1-3-2-9-6(8)10-3/h3-4,6,9-10H,1-2,7-8H2,(H,11,12)/t3-,4-,6?/m1/s1. The number of carboxylic acid groups (broad SMARTS) is 1. The van der Waals surface area contributed by atoms with Crippen molar-refractivity contribution in [2.75, 3.05) is 6.54 Å². The van der Waals surface area contributed by atoms with Crippen molar-refractivity contribution in [2.45, 2.75) is 24.8 Å². The molecule has 1 unspecified atom stereocenters. The first-order valence-electron chi connectivity index (χ1n) is 3.83. The highest BCUT2D eigenvalue weighted by molar-refractivity contribution is 5.73. The van der Waals surface area contributed by atoms with E-state index in [-0.39, 0.29) is 12.3 Å². The van der Waals surface area contributed by atoms with Crippen LogP contribution in [0.5, 0.6) is 0 Å². The summed E-state index contributed by atoms with van der Waals surface area (Å²) in [6.45, 7) is 0.669. The molecule has 1 aliphatic heterocycles. The van der Waals surface area contributed by atoms with E-state index in [9.17, 15) is 4.79 Å². The SMILES string of the molecule is NC1NC[C@@H](C[C@@H](N)C(=O)O)N1. The number of aliphatic carboxylic acids is 1. The van der Waals surface area contributed by atoms with Gasteiger partial charge in [-0.1, -0.05) is 0 Å². The fourth-order valence-corrected chi connectivity index (χ4v) is 1.20. The van der Waals surface area contributed by atoms with E-state index in [1.165, 1.54) is 0 Å². The lowest BCUT2D eigenvalue weighted by atomic mass is 10.1. The van der Waals surface area contributed by atoms with Crippen LogP contribution in [0.3, 0.4) is 0 Å². The molecule has 0 bridgehead atoms. The number of nitrogens with one attached hydrogen (secondary N) is 2. The number of rotatable bonds is 3.